The summed E-state index contributed by atoms with van der Waals surface area (Å²) < 4.78 is 12.0. The summed E-state index contributed by atoms with van der Waals surface area (Å²) in [5, 5.41) is 3.34. The van der Waals surface area contributed by atoms with E-state index in [-0.39, 0.29) is 0 Å². The maximum Gasteiger partial charge on any atom is 0.120 e. The van der Waals surface area contributed by atoms with Crippen LogP contribution in [-0.2, 0) is 4.74 Å². The normalized spacial score (nSPS) is 21.3. The zero-order valence-electron chi connectivity index (χ0n) is 8.41. The molecule has 1 saturated heterocycles. The third-order valence-corrected chi connectivity index (χ3v) is 2.74. The summed E-state index contributed by atoms with van der Waals surface area (Å²) in [6, 6.07) is 8.16. The summed E-state index contributed by atoms with van der Waals surface area (Å²) in [5.74, 6) is 0.886. The van der Waals surface area contributed by atoms with Gasteiger partial charge in [0.15, 0.2) is 0 Å². The molecular weight excluding hydrogens is 258 g/mol. The molecule has 0 aromatic heterocycles. The highest BCUT2D eigenvalue weighted by molar-refractivity contribution is 9.10. The first-order valence-corrected chi connectivity index (χ1v) is 5.83. The molecule has 1 aromatic rings. The number of ether oxygens (including phenoxy) is 2. The molecule has 1 aliphatic heterocycles. The minimum Gasteiger partial charge on any atom is -0.492 e. The van der Waals surface area contributed by atoms with E-state index in [4.69, 9.17) is 9.47 Å². The van der Waals surface area contributed by atoms with Crippen molar-refractivity contribution in [2.45, 2.75) is 6.04 Å². The Bertz CT molecular complexity index is 313. The number of rotatable bonds is 3. The highest BCUT2D eigenvalue weighted by atomic mass is 79.9. The first kappa shape index (κ1) is 10.9. The van der Waals surface area contributed by atoms with E-state index in [1.54, 1.807) is 0 Å². The molecule has 0 aliphatic carbocycles. The third kappa shape index (κ3) is 3.48. The molecule has 4 heteroatoms. The molecule has 0 unspecified atom stereocenters. The van der Waals surface area contributed by atoms with Crippen molar-refractivity contribution in [3.8, 4) is 5.75 Å². The van der Waals surface area contributed by atoms with E-state index in [0.717, 1.165) is 30.0 Å². The molecule has 1 fully saturated rings. The SMILES string of the molecule is Brc1cccc(OC[C@H]2COCCN2)c1. The predicted octanol–water partition coefficient (Wildman–Crippen LogP) is 1.82. The highest BCUT2D eigenvalue weighted by Crippen LogP contribution is 2.17. The van der Waals surface area contributed by atoms with E-state index < -0.39 is 0 Å². The summed E-state index contributed by atoms with van der Waals surface area (Å²) in [5.41, 5.74) is 0. The highest BCUT2D eigenvalue weighted by Gasteiger charge is 2.13. The fourth-order valence-corrected chi connectivity index (χ4v) is 1.86. The number of hydrogen-bond donors (Lipinski definition) is 1. The van der Waals surface area contributed by atoms with Crippen LogP contribution in [0.4, 0.5) is 0 Å². The zero-order valence-corrected chi connectivity index (χ0v) is 10.00. The van der Waals surface area contributed by atoms with Crippen LogP contribution >= 0.6 is 15.9 Å². The summed E-state index contributed by atoms with van der Waals surface area (Å²) in [6.45, 7) is 3.09. The van der Waals surface area contributed by atoms with Gasteiger partial charge in [0.1, 0.15) is 12.4 Å². The molecule has 1 N–H and O–H groups in total. The number of morpholine rings is 1. The number of halogens is 1. The lowest BCUT2D eigenvalue weighted by atomic mass is 10.3. The second kappa shape index (κ2) is 5.49. The third-order valence-electron chi connectivity index (χ3n) is 2.25. The van der Waals surface area contributed by atoms with E-state index in [2.05, 4.69) is 21.2 Å². The Morgan fingerprint density at radius 2 is 2.47 bits per heavy atom. The number of nitrogens with one attached hydrogen (secondary N) is 1. The standard InChI is InChI=1S/C11H14BrNO2/c12-9-2-1-3-11(6-9)15-8-10-7-14-5-4-13-10/h1-3,6,10,13H,4-5,7-8H2/t10-/m1/s1. The van der Waals surface area contributed by atoms with Gasteiger partial charge in [0.25, 0.3) is 0 Å². The molecule has 0 radical (unpaired) electrons. The lowest BCUT2D eigenvalue weighted by Crippen LogP contribution is -2.44. The number of hydrogen-bond acceptors (Lipinski definition) is 3. The lowest BCUT2D eigenvalue weighted by molar-refractivity contribution is 0.0592. The molecule has 0 saturated carbocycles. The molecule has 3 nitrogen and oxygen atoms in total. The average Bonchev–Trinajstić information content (AvgIpc) is 2.28. The first-order chi connectivity index (χ1) is 7.34. The molecule has 1 aromatic carbocycles. The van der Waals surface area contributed by atoms with Crippen LogP contribution in [0.1, 0.15) is 0 Å². The minimum atomic E-state index is 0.303. The van der Waals surface area contributed by atoms with Crippen LogP contribution in [0.3, 0.4) is 0 Å². The Labute approximate surface area is 97.9 Å². The Kier molecular flexibility index (Phi) is 4.00. The second-order valence-electron chi connectivity index (χ2n) is 3.49. The van der Waals surface area contributed by atoms with Crippen molar-refractivity contribution in [1.29, 1.82) is 0 Å². The van der Waals surface area contributed by atoms with Gasteiger partial charge in [-0.05, 0) is 18.2 Å². The first-order valence-electron chi connectivity index (χ1n) is 5.04. The lowest BCUT2D eigenvalue weighted by Gasteiger charge is -2.23. The van der Waals surface area contributed by atoms with Crippen LogP contribution in [0.5, 0.6) is 5.75 Å². The zero-order chi connectivity index (χ0) is 10.5. The monoisotopic (exact) mass is 271 g/mol. The maximum absolute atomic E-state index is 5.65. The van der Waals surface area contributed by atoms with Crippen molar-refractivity contribution in [1.82, 2.24) is 5.32 Å². The van der Waals surface area contributed by atoms with Gasteiger partial charge in [-0.15, -0.1) is 0 Å². The Morgan fingerprint density at radius 3 is 3.20 bits per heavy atom. The maximum atomic E-state index is 5.65. The van der Waals surface area contributed by atoms with Crippen LogP contribution in [-0.4, -0.2) is 32.4 Å². The smallest absolute Gasteiger partial charge is 0.120 e. The molecule has 2 rings (SSSR count). The predicted molar refractivity (Wildman–Crippen MR) is 62.2 cm³/mol. The minimum absolute atomic E-state index is 0.303. The average molecular weight is 272 g/mol. The summed E-state index contributed by atoms with van der Waals surface area (Å²) in [6.07, 6.45) is 0. The largest absolute Gasteiger partial charge is 0.492 e. The molecule has 1 heterocycles. The van der Waals surface area contributed by atoms with Crippen LogP contribution in [0.15, 0.2) is 28.7 Å². The molecule has 0 amide bonds. The van der Waals surface area contributed by atoms with E-state index in [9.17, 15) is 0 Å². The van der Waals surface area contributed by atoms with Gasteiger partial charge in [-0.1, -0.05) is 22.0 Å². The van der Waals surface area contributed by atoms with Crippen molar-refractivity contribution in [2.75, 3.05) is 26.4 Å². The van der Waals surface area contributed by atoms with Crippen LogP contribution < -0.4 is 10.1 Å². The molecular formula is C11H14BrNO2. The van der Waals surface area contributed by atoms with E-state index >= 15 is 0 Å². The van der Waals surface area contributed by atoms with Crippen molar-refractivity contribution in [3.05, 3.63) is 28.7 Å². The molecule has 0 bridgehead atoms. The van der Waals surface area contributed by atoms with Gasteiger partial charge in [-0.3, -0.25) is 0 Å². The molecule has 0 spiro atoms. The van der Waals surface area contributed by atoms with Crippen LogP contribution in [0.25, 0.3) is 0 Å². The van der Waals surface area contributed by atoms with Crippen LogP contribution in [0.2, 0.25) is 0 Å². The fourth-order valence-electron chi connectivity index (χ4n) is 1.48. The van der Waals surface area contributed by atoms with Gasteiger partial charge in [-0.25, -0.2) is 0 Å². The topological polar surface area (TPSA) is 30.5 Å². The Hall–Kier alpha value is -0.580. The Morgan fingerprint density at radius 1 is 1.53 bits per heavy atom. The number of benzene rings is 1. The molecule has 1 atom stereocenters. The van der Waals surface area contributed by atoms with E-state index in [0.29, 0.717) is 12.6 Å². The molecule has 15 heavy (non-hydrogen) atoms. The summed E-state index contributed by atoms with van der Waals surface area (Å²) in [4.78, 5) is 0. The van der Waals surface area contributed by atoms with Crippen molar-refractivity contribution in [2.24, 2.45) is 0 Å². The summed E-state index contributed by atoms with van der Waals surface area (Å²) >= 11 is 3.41. The second-order valence-corrected chi connectivity index (χ2v) is 4.41. The Balaban J connectivity index is 1.81. The van der Waals surface area contributed by atoms with E-state index in [1.165, 1.54) is 0 Å². The molecule has 1 aliphatic rings. The van der Waals surface area contributed by atoms with Crippen LogP contribution in [0, 0.1) is 0 Å². The van der Waals surface area contributed by atoms with Crippen molar-refractivity contribution < 1.29 is 9.47 Å². The van der Waals surface area contributed by atoms with Crippen molar-refractivity contribution in [3.63, 3.8) is 0 Å². The molecule has 82 valence electrons. The van der Waals surface area contributed by atoms with Gasteiger partial charge >= 0.3 is 0 Å². The van der Waals surface area contributed by atoms with Gasteiger partial charge in [0.05, 0.1) is 19.3 Å². The van der Waals surface area contributed by atoms with Gasteiger partial charge in [0.2, 0.25) is 0 Å². The van der Waals surface area contributed by atoms with Crippen molar-refractivity contribution >= 4 is 15.9 Å². The fraction of sp³-hybridized carbons (Fsp3) is 0.455. The van der Waals surface area contributed by atoms with Gasteiger partial charge < -0.3 is 14.8 Å². The van der Waals surface area contributed by atoms with Gasteiger partial charge in [-0.2, -0.15) is 0 Å². The van der Waals surface area contributed by atoms with Gasteiger partial charge in [0, 0.05) is 11.0 Å². The summed E-state index contributed by atoms with van der Waals surface area (Å²) in [7, 11) is 0. The quantitative estimate of drug-likeness (QED) is 0.910. The van der Waals surface area contributed by atoms with E-state index in [1.807, 2.05) is 24.3 Å².